The number of hydrogen-bond acceptors (Lipinski definition) is 7. The summed E-state index contributed by atoms with van der Waals surface area (Å²) >= 11 is 3.64. The van der Waals surface area contributed by atoms with E-state index in [0.29, 0.717) is 30.4 Å². The van der Waals surface area contributed by atoms with Gasteiger partial charge in [0.25, 0.3) is 0 Å². The maximum atomic E-state index is 12.5. The third-order valence-electron chi connectivity index (χ3n) is 4.07. The molecule has 0 bridgehead atoms. The molecule has 0 aliphatic carbocycles. The highest BCUT2D eigenvalue weighted by Crippen LogP contribution is 2.24. The standard InChI is InChI=1S/C18H31N3O3S3/c1-14(2)11-25-7-5-21-27(22,23)16-10-19-17(9-15(16)3)20-12-18(4)13-26-8-6-24-18/h9-10,14,21H,5-8,11-13H2,1-4H3,(H,19,20). The molecule has 0 saturated carbocycles. The van der Waals surface area contributed by atoms with Crippen LogP contribution in [0.5, 0.6) is 0 Å². The first-order chi connectivity index (χ1) is 12.7. The van der Waals surface area contributed by atoms with Crippen LogP contribution in [0.1, 0.15) is 26.3 Å². The van der Waals surface area contributed by atoms with Crippen molar-refractivity contribution in [2.45, 2.75) is 38.2 Å². The van der Waals surface area contributed by atoms with Gasteiger partial charge in [-0.25, -0.2) is 18.1 Å². The predicted octanol–water partition coefficient (Wildman–Crippen LogP) is 2.99. The van der Waals surface area contributed by atoms with Gasteiger partial charge >= 0.3 is 0 Å². The van der Waals surface area contributed by atoms with E-state index in [9.17, 15) is 8.42 Å². The van der Waals surface area contributed by atoms with Crippen molar-refractivity contribution in [1.82, 2.24) is 9.71 Å². The number of anilines is 1. The third kappa shape index (κ3) is 7.45. The predicted molar refractivity (Wildman–Crippen MR) is 116 cm³/mol. The Morgan fingerprint density at radius 3 is 2.85 bits per heavy atom. The minimum atomic E-state index is -3.54. The molecule has 1 fully saturated rings. The zero-order valence-electron chi connectivity index (χ0n) is 16.6. The Kier molecular flexibility index (Phi) is 8.73. The Bertz CT molecular complexity index is 705. The van der Waals surface area contributed by atoms with Crippen molar-refractivity contribution >= 4 is 39.4 Å². The second kappa shape index (κ2) is 10.3. The van der Waals surface area contributed by atoms with Gasteiger partial charge in [-0.15, -0.1) is 0 Å². The topological polar surface area (TPSA) is 80.3 Å². The molecule has 2 N–H and O–H groups in total. The summed E-state index contributed by atoms with van der Waals surface area (Å²) in [6.45, 7) is 10.0. The number of aromatic nitrogens is 1. The maximum Gasteiger partial charge on any atom is 0.242 e. The number of ether oxygens (including phenoxy) is 1. The highest BCUT2D eigenvalue weighted by atomic mass is 32.2. The van der Waals surface area contributed by atoms with E-state index < -0.39 is 10.0 Å². The van der Waals surface area contributed by atoms with Crippen LogP contribution in [0.3, 0.4) is 0 Å². The van der Waals surface area contributed by atoms with Crippen molar-refractivity contribution in [3.63, 3.8) is 0 Å². The first-order valence-electron chi connectivity index (χ1n) is 9.21. The zero-order chi connectivity index (χ0) is 19.9. The summed E-state index contributed by atoms with van der Waals surface area (Å²) in [6, 6.07) is 1.78. The van der Waals surface area contributed by atoms with Crippen molar-refractivity contribution in [1.29, 1.82) is 0 Å². The zero-order valence-corrected chi connectivity index (χ0v) is 19.0. The number of pyridine rings is 1. The smallest absolute Gasteiger partial charge is 0.242 e. The highest BCUT2D eigenvalue weighted by Gasteiger charge is 2.28. The van der Waals surface area contributed by atoms with Crippen molar-refractivity contribution in [2.75, 3.05) is 48.0 Å². The van der Waals surface area contributed by atoms with Crippen LogP contribution in [0.15, 0.2) is 17.2 Å². The van der Waals surface area contributed by atoms with Crippen molar-refractivity contribution in [3.8, 4) is 0 Å². The van der Waals surface area contributed by atoms with E-state index in [1.807, 2.05) is 11.8 Å². The number of rotatable bonds is 10. The summed E-state index contributed by atoms with van der Waals surface area (Å²) in [5.41, 5.74) is 0.456. The molecule has 9 heteroatoms. The van der Waals surface area contributed by atoms with Gasteiger partial charge in [-0.1, -0.05) is 13.8 Å². The van der Waals surface area contributed by atoms with Gasteiger partial charge in [0.2, 0.25) is 10.0 Å². The van der Waals surface area contributed by atoms with Gasteiger partial charge in [0.15, 0.2) is 0 Å². The Balaban J connectivity index is 1.90. The van der Waals surface area contributed by atoms with Gasteiger partial charge in [0, 0.05) is 36.5 Å². The number of aryl methyl sites for hydroxylation is 1. The van der Waals surface area contributed by atoms with E-state index in [1.54, 1.807) is 24.8 Å². The number of hydrogen-bond donors (Lipinski definition) is 2. The first-order valence-corrected chi connectivity index (χ1v) is 13.0. The molecule has 154 valence electrons. The Hall–Kier alpha value is -0.480. The fourth-order valence-corrected chi connectivity index (χ4v) is 5.80. The van der Waals surface area contributed by atoms with Crippen LogP contribution < -0.4 is 10.0 Å². The van der Waals surface area contributed by atoms with Crippen LogP contribution in [0, 0.1) is 12.8 Å². The molecule has 0 radical (unpaired) electrons. The Morgan fingerprint density at radius 1 is 1.44 bits per heavy atom. The number of nitrogens with zero attached hydrogens (tertiary/aromatic N) is 1. The Labute approximate surface area is 172 Å². The van der Waals surface area contributed by atoms with E-state index in [1.165, 1.54) is 6.20 Å². The molecule has 1 atom stereocenters. The van der Waals surface area contributed by atoms with E-state index in [4.69, 9.17) is 4.74 Å². The van der Waals surface area contributed by atoms with Crippen LogP contribution in [0.2, 0.25) is 0 Å². The fourth-order valence-electron chi connectivity index (χ4n) is 2.62. The summed E-state index contributed by atoms with van der Waals surface area (Å²) in [5, 5.41) is 3.28. The van der Waals surface area contributed by atoms with E-state index in [2.05, 4.69) is 35.8 Å². The lowest BCUT2D eigenvalue weighted by atomic mass is 10.1. The maximum absolute atomic E-state index is 12.5. The lowest BCUT2D eigenvalue weighted by molar-refractivity contribution is 0.000465. The van der Waals surface area contributed by atoms with Gasteiger partial charge in [0.1, 0.15) is 10.7 Å². The average molecular weight is 434 g/mol. The molecule has 1 aliphatic heterocycles. The second-order valence-electron chi connectivity index (χ2n) is 7.41. The van der Waals surface area contributed by atoms with E-state index in [-0.39, 0.29) is 10.5 Å². The summed E-state index contributed by atoms with van der Waals surface area (Å²) in [6.07, 6.45) is 1.43. The molecule has 6 nitrogen and oxygen atoms in total. The van der Waals surface area contributed by atoms with Gasteiger partial charge in [-0.3, -0.25) is 0 Å². The van der Waals surface area contributed by atoms with Crippen molar-refractivity contribution in [3.05, 3.63) is 17.8 Å². The van der Waals surface area contributed by atoms with Crippen LogP contribution in [-0.2, 0) is 14.8 Å². The summed E-state index contributed by atoms with van der Waals surface area (Å²) < 4.78 is 33.6. The molecule has 2 heterocycles. The molecule has 1 aliphatic rings. The second-order valence-corrected chi connectivity index (χ2v) is 11.4. The molecule has 1 saturated heterocycles. The van der Waals surface area contributed by atoms with Crippen LogP contribution >= 0.6 is 23.5 Å². The molecule has 0 aromatic carbocycles. The van der Waals surface area contributed by atoms with Crippen LogP contribution in [0.4, 0.5) is 5.82 Å². The van der Waals surface area contributed by atoms with E-state index in [0.717, 1.165) is 29.6 Å². The molecular formula is C18H31N3O3S3. The van der Waals surface area contributed by atoms with Gasteiger partial charge in [0.05, 0.1) is 12.2 Å². The number of nitrogens with one attached hydrogen (secondary N) is 2. The SMILES string of the molecule is Cc1cc(NCC2(C)CSCCO2)ncc1S(=O)(=O)NCCSCC(C)C. The number of thioether (sulfide) groups is 2. The lowest BCUT2D eigenvalue weighted by Crippen LogP contribution is -2.43. The van der Waals surface area contributed by atoms with Gasteiger partial charge in [-0.2, -0.15) is 23.5 Å². The molecule has 1 aromatic rings. The van der Waals surface area contributed by atoms with Gasteiger partial charge in [-0.05, 0) is 37.1 Å². The first kappa shape index (κ1) is 22.8. The van der Waals surface area contributed by atoms with Crippen molar-refractivity contribution in [2.24, 2.45) is 5.92 Å². The van der Waals surface area contributed by atoms with Crippen LogP contribution in [-0.4, -0.2) is 61.7 Å². The largest absolute Gasteiger partial charge is 0.372 e. The average Bonchev–Trinajstić information content (AvgIpc) is 2.60. The molecule has 27 heavy (non-hydrogen) atoms. The minimum absolute atomic E-state index is 0.224. The molecular weight excluding hydrogens is 402 g/mol. The quantitative estimate of drug-likeness (QED) is 0.549. The fraction of sp³-hybridized carbons (Fsp3) is 0.722. The van der Waals surface area contributed by atoms with Gasteiger partial charge < -0.3 is 10.1 Å². The summed E-state index contributed by atoms with van der Waals surface area (Å²) in [7, 11) is -3.54. The summed E-state index contributed by atoms with van der Waals surface area (Å²) in [5.74, 6) is 5.04. The minimum Gasteiger partial charge on any atom is -0.372 e. The number of sulfonamides is 1. The van der Waals surface area contributed by atoms with Crippen molar-refractivity contribution < 1.29 is 13.2 Å². The normalized spacial score (nSPS) is 20.8. The highest BCUT2D eigenvalue weighted by molar-refractivity contribution is 7.99. The summed E-state index contributed by atoms with van der Waals surface area (Å²) in [4.78, 5) is 4.52. The lowest BCUT2D eigenvalue weighted by Gasteiger charge is -2.33. The van der Waals surface area contributed by atoms with Crippen LogP contribution in [0.25, 0.3) is 0 Å². The monoisotopic (exact) mass is 433 g/mol. The molecule has 0 spiro atoms. The molecule has 1 aromatic heterocycles. The Morgan fingerprint density at radius 2 is 2.22 bits per heavy atom. The molecule has 1 unspecified atom stereocenters. The third-order valence-corrected chi connectivity index (χ3v) is 8.33. The molecule has 2 rings (SSSR count). The van der Waals surface area contributed by atoms with E-state index >= 15 is 0 Å². The molecule has 0 amide bonds.